The Bertz CT molecular complexity index is 851. The number of hydrogen-bond acceptors (Lipinski definition) is 5. The summed E-state index contributed by atoms with van der Waals surface area (Å²) in [5, 5.41) is 3.96. The lowest BCUT2D eigenvalue weighted by Gasteiger charge is -2.31. The normalized spacial score (nSPS) is 16.8. The molecule has 6 nitrogen and oxygen atoms in total. The molecule has 0 spiro atoms. The molecule has 134 valence electrons. The number of nitrogens with zero attached hydrogens (tertiary/aromatic N) is 3. The fourth-order valence-electron chi connectivity index (χ4n) is 2.51. The third-order valence-corrected chi connectivity index (χ3v) is 6.65. The van der Waals surface area contributed by atoms with Crippen LogP contribution in [0.4, 0.5) is 11.5 Å². The van der Waals surface area contributed by atoms with Gasteiger partial charge in [0.05, 0.1) is 10.0 Å². The zero-order valence-corrected chi connectivity index (χ0v) is 15.9. The summed E-state index contributed by atoms with van der Waals surface area (Å²) in [6.07, 6.45) is 1.37. The highest BCUT2D eigenvalue weighted by Crippen LogP contribution is 2.27. The molecule has 1 N–H and O–H groups in total. The second-order valence-electron chi connectivity index (χ2n) is 5.84. The fraction of sp³-hybridized carbons (Fsp3) is 0.312. The van der Waals surface area contributed by atoms with Gasteiger partial charge in [0.25, 0.3) is 0 Å². The predicted octanol–water partition coefficient (Wildman–Crippen LogP) is 3.07. The number of nitrogens with one attached hydrogen (secondary N) is 1. The van der Waals surface area contributed by atoms with E-state index in [9.17, 15) is 8.42 Å². The molecule has 1 saturated heterocycles. The van der Waals surface area contributed by atoms with E-state index in [4.69, 9.17) is 23.2 Å². The molecule has 0 bridgehead atoms. The van der Waals surface area contributed by atoms with Crippen LogP contribution in [0.2, 0.25) is 10.0 Å². The number of halogens is 2. The van der Waals surface area contributed by atoms with Gasteiger partial charge in [0, 0.05) is 38.1 Å². The third kappa shape index (κ3) is 4.24. The molecule has 0 saturated carbocycles. The SMILES string of the molecule is CN1CCN(S(=O)(=O)c2ccc(Nc3ccc(Cl)c(Cl)c3)nc2)CC1. The van der Waals surface area contributed by atoms with E-state index in [0.717, 1.165) is 18.8 Å². The quantitative estimate of drug-likeness (QED) is 0.853. The van der Waals surface area contributed by atoms with Gasteiger partial charge in [0.15, 0.2) is 0 Å². The molecule has 0 aliphatic carbocycles. The Labute approximate surface area is 157 Å². The number of likely N-dealkylation sites (N-methyl/N-ethyl adjacent to an activating group) is 1. The molecule has 0 unspecified atom stereocenters. The summed E-state index contributed by atoms with van der Waals surface area (Å²) in [6.45, 7) is 2.43. The van der Waals surface area contributed by atoms with E-state index >= 15 is 0 Å². The van der Waals surface area contributed by atoms with Crippen molar-refractivity contribution in [2.24, 2.45) is 0 Å². The number of rotatable bonds is 4. The maximum absolute atomic E-state index is 12.7. The molecule has 1 aliphatic heterocycles. The minimum absolute atomic E-state index is 0.191. The molecule has 9 heteroatoms. The molecule has 2 aromatic rings. The van der Waals surface area contributed by atoms with Crippen LogP contribution in [0.5, 0.6) is 0 Å². The van der Waals surface area contributed by atoms with Crippen molar-refractivity contribution in [3.8, 4) is 0 Å². The highest BCUT2D eigenvalue weighted by atomic mass is 35.5. The summed E-state index contributed by atoms with van der Waals surface area (Å²) >= 11 is 11.9. The van der Waals surface area contributed by atoms with Crippen LogP contribution in [-0.2, 0) is 10.0 Å². The Morgan fingerprint density at radius 3 is 2.36 bits per heavy atom. The summed E-state index contributed by atoms with van der Waals surface area (Å²) in [5.41, 5.74) is 0.719. The van der Waals surface area contributed by atoms with Gasteiger partial charge in [-0.15, -0.1) is 0 Å². The van der Waals surface area contributed by atoms with E-state index < -0.39 is 10.0 Å². The Morgan fingerprint density at radius 2 is 1.76 bits per heavy atom. The summed E-state index contributed by atoms with van der Waals surface area (Å²) in [5.74, 6) is 0.524. The lowest BCUT2D eigenvalue weighted by atomic mass is 10.3. The number of anilines is 2. The first-order chi connectivity index (χ1) is 11.9. The zero-order chi connectivity index (χ0) is 18.0. The molecule has 0 radical (unpaired) electrons. The second-order valence-corrected chi connectivity index (χ2v) is 8.59. The first kappa shape index (κ1) is 18.4. The summed E-state index contributed by atoms with van der Waals surface area (Å²) in [4.78, 5) is 6.50. The minimum Gasteiger partial charge on any atom is -0.340 e. The van der Waals surface area contributed by atoms with Crippen LogP contribution < -0.4 is 5.32 Å². The van der Waals surface area contributed by atoms with Crippen LogP contribution in [0.3, 0.4) is 0 Å². The molecular formula is C16H18Cl2N4O2S. The Kier molecular flexibility index (Phi) is 5.50. The number of aromatic nitrogens is 1. The van der Waals surface area contributed by atoms with Gasteiger partial charge < -0.3 is 10.2 Å². The number of benzene rings is 1. The smallest absolute Gasteiger partial charge is 0.244 e. The molecule has 0 amide bonds. The number of hydrogen-bond donors (Lipinski definition) is 1. The molecule has 1 aromatic heterocycles. The van der Waals surface area contributed by atoms with Crippen LogP contribution in [-0.4, -0.2) is 55.8 Å². The van der Waals surface area contributed by atoms with Crippen molar-refractivity contribution < 1.29 is 8.42 Å². The van der Waals surface area contributed by atoms with Crippen molar-refractivity contribution in [1.82, 2.24) is 14.2 Å². The van der Waals surface area contributed by atoms with Gasteiger partial charge in [-0.3, -0.25) is 0 Å². The predicted molar refractivity (Wildman–Crippen MR) is 100 cm³/mol. The molecular weight excluding hydrogens is 383 g/mol. The lowest BCUT2D eigenvalue weighted by molar-refractivity contribution is 0.222. The number of sulfonamides is 1. The third-order valence-electron chi connectivity index (χ3n) is 4.03. The van der Waals surface area contributed by atoms with E-state index in [0.29, 0.717) is 29.0 Å². The standard InChI is InChI=1S/C16H18Cl2N4O2S/c1-21-6-8-22(9-7-21)25(23,24)13-3-5-16(19-11-13)20-12-2-4-14(17)15(18)10-12/h2-5,10-11H,6-9H2,1H3,(H,19,20). The van der Waals surface area contributed by atoms with Gasteiger partial charge in [0.2, 0.25) is 10.0 Å². The molecule has 3 rings (SSSR count). The van der Waals surface area contributed by atoms with Crippen molar-refractivity contribution in [1.29, 1.82) is 0 Å². The van der Waals surface area contributed by atoms with Gasteiger partial charge in [-0.05, 0) is 37.4 Å². The maximum atomic E-state index is 12.7. The van der Waals surface area contributed by atoms with E-state index in [1.807, 2.05) is 7.05 Å². The van der Waals surface area contributed by atoms with Crippen molar-refractivity contribution in [3.05, 3.63) is 46.6 Å². The van der Waals surface area contributed by atoms with Crippen molar-refractivity contribution in [3.63, 3.8) is 0 Å². The molecule has 0 atom stereocenters. The average Bonchev–Trinajstić information content (AvgIpc) is 2.59. The van der Waals surface area contributed by atoms with Crippen molar-refractivity contribution >= 4 is 44.7 Å². The van der Waals surface area contributed by atoms with Gasteiger partial charge in [-0.1, -0.05) is 23.2 Å². The first-order valence-corrected chi connectivity index (χ1v) is 9.93. The Balaban J connectivity index is 1.74. The van der Waals surface area contributed by atoms with Gasteiger partial charge >= 0.3 is 0 Å². The van der Waals surface area contributed by atoms with Gasteiger partial charge in [-0.2, -0.15) is 4.31 Å². The highest BCUT2D eigenvalue weighted by Gasteiger charge is 2.27. The van der Waals surface area contributed by atoms with Crippen LogP contribution in [0.1, 0.15) is 0 Å². The van der Waals surface area contributed by atoms with E-state index in [1.165, 1.54) is 10.5 Å². The lowest BCUT2D eigenvalue weighted by Crippen LogP contribution is -2.47. The minimum atomic E-state index is -3.51. The van der Waals surface area contributed by atoms with E-state index in [1.54, 1.807) is 30.3 Å². The van der Waals surface area contributed by atoms with Crippen LogP contribution in [0.15, 0.2) is 41.4 Å². The number of piperazine rings is 1. The largest absolute Gasteiger partial charge is 0.340 e. The maximum Gasteiger partial charge on any atom is 0.244 e. The van der Waals surface area contributed by atoms with E-state index in [-0.39, 0.29) is 4.90 Å². The molecule has 2 heterocycles. The monoisotopic (exact) mass is 400 g/mol. The van der Waals surface area contributed by atoms with Gasteiger partial charge in [0.1, 0.15) is 10.7 Å². The second kappa shape index (κ2) is 7.47. The molecule has 25 heavy (non-hydrogen) atoms. The van der Waals surface area contributed by atoms with Crippen LogP contribution >= 0.6 is 23.2 Å². The van der Waals surface area contributed by atoms with Crippen molar-refractivity contribution in [2.45, 2.75) is 4.90 Å². The molecule has 1 fully saturated rings. The summed E-state index contributed by atoms with van der Waals surface area (Å²) < 4.78 is 26.8. The summed E-state index contributed by atoms with van der Waals surface area (Å²) in [7, 11) is -1.53. The Hall–Kier alpha value is -1.38. The highest BCUT2D eigenvalue weighted by molar-refractivity contribution is 7.89. The average molecular weight is 401 g/mol. The van der Waals surface area contributed by atoms with Crippen LogP contribution in [0, 0.1) is 0 Å². The van der Waals surface area contributed by atoms with Crippen molar-refractivity contribution in [2.75, 3.05) is 38.5 Å². The fourth-order valence-corrected chi connectivity index (χ4v) is 4.17. The molecule has 1 aromatic carbocycles. The van der Waals surface area contributed by atoms with Gasteiger partial charge in [-0.25, -0.2) is 13.4 Å². The molecule has 1 aliphatic rings. The Morgan fingerprint density at radius 1 is 1.04 bits per heavy atom. The van der Waals surface area contributed by atoms with E-state index in [2.05, 4.69) is 15.2 Å². The number of pyridine rings is 1. The first-order valence-electron chi connectivity index (χ1n) is 7.73. The zero-order valence-electron chi connectivity index (χ0n) is 13.6. The summed E-state index contributed by atoms with van der Waals surface area (Å²) in [6, 6.07) is 8.32. The topological polar surface area (TPSA) is 65.5 Å². The van der Waals surface area contributed by atoms with Crippen LogP contribution in [0.25, 0.3) is 0 Å².